The highest BCUT2D eigenvalue weighted by Gasteiger charge is 2.20. The molecule has 0 heterocycles. The molecule has 0 saturated heterocycles. The van der Waals surface area contributed by atoms with E-state index in [2.05, 4.69) is 67.8 Å². The van der Waals surface area contributed by atoms with Crippen LogP contribution in [0.5, 0.6) is 0 Å². The van der Waals surface area contributed by atoms with Gasteiger partial charge in [-0.05, 0) is 89.9 Å². The molecule has 0 aromatic rings. The molecule has 0 aliphatic heterocycles. The molecule has 0 saturated carbocycles. The molecule has 0 bridgehead atoms. The number of ether oxygens (including phenoxy) is 1. The van der Waals surface area contributed by atoms with Crippen LogP contribution in [0.15, 0.2) is 48.6 Å². The molecule has 1 amide bonds. The van der Waals surface area contributed by atoms with Crippen molar-refractivity contribution < 1.29 is 24.5 Å². The number of carbonyl (C=O) groups excluding carboxylic acids is 2. The molecular formula is C72H135NO5. The van der Waals surface area contributed by atoms with Gasteiger partial charge < -0.3 is 20.3 Å². The third-order valence-electron chi connectivity index (χ3n) is 16.1. The lowest BCUT2D eigenvalue weighted by Gasteiger charge is -2.22. The van der Waals surface area contributed by atoms with Crippen LogP contribution < -0.4 is 5.32 Å². The van der Waals surface area contributed by atoms with Crippen molar-refractivity contribution in [3.8, 4) is 0 Å². The zero-order valence-corrected chi connectivity index (χ0v) is 52.4. The van der Waals surface area contributed by atoms with E-state index in [1.165, 1.54) is 283 Å². The van der Waals surface area contributed by atoms with Crippen LogP contribution in [0.25, 0.3) is 0 Å². The molecule has 3 N–H and O–H groups in total. The first-order valence-electron chi connectivity index (χ1n) is 34.9. The fraction of sp³-hybridized carbons (Fsp3) is 0.861. The Morgan fingerprint density at radius 1 is 0.359 bits per heavy atom. The van der Waals surface area contributed by atoms with Gasteiger partial charge in [-0.3, -0.25) is 9.59 Å². The van der Waals surface area contributed by atoms with Gasteiger partial charge in [0.1, 0.15) is 0 Å². The fourth-order valence-corrected chi connectivity index (χ4v) is 10.8. The maximum atomic E-state index is 12.5. The maximum Gasteiger partial charge on any atom is 0.305 e. The van der Waals surface area contributed by atoms with Gasteiger partial charge in [-0.15, -0.1) is 0 Å². The first-order valence-corrected chi connectivity index (χ1v) is 34.9. The van der Waals surface area contributed by atoms with Gasteiger partial charge >= 0.3 is 5.97 Å². The van der Waals surface area contributed by atoms with E-state index >= 15 is 0 Å². The summed E-state index contributed by atoms with van der Waals surface area (Å²) in [4.78, 5) is 24.5. The summed E-state index contributed by atoms with van der Waals surface area (Å²) in [6.07, 6.45) is 87.3. The number of allylic oxidation sites excluding steroid dienone is 8. The molecule has 0 aromatic carbocycles. The zero-order chi connectivity index (χ0) is 56.4. The fourth-order valence-electron chi connectivity index (χ4n) is 10.8. The number of nitrogens with one attached hydrogen (secondary N) is 1. The summed E-state index contributed by atoms with van der Waals surface area (Å²) in [5.74, 6) is -0.0318. The van der Waals surface area contributed by atoms with Crippen molar-refractivity contribution in [2.24, 2.45) is 0 Å². The Morgan fingerprint density at radius 3 is 1.00 bits per heavy atom. The summed E-state index contributed by atoms with van der Waals surface area (Å²) in [6.45, 7) is 4.93. The molecule has 0 aliphatic rings. The number of aliphatic hydroxyl groups excluding tert-OH is 2. The van der Waals surface area contributed by atoms with E-state index in [1.807, 2.05) is 0 Å². The summed E-state index contributed by atoms with van der Waals surface area (Å²) in [6, 6.07) is -0.540. The minimum Gasteiger partial charge on any atom is -0.466 e. The number of esters is 1. The van der Waals surface area contributed by atoms with E-state index in [4.69, 9.17) is 4.74 Å². The normalized spacial score (nSPS) is 12.8. The van der Waals surface area contributed by atoms with Crippen LogP contribution in [0.4, 0.5) is 0 Å². The average molecular weight is 1090 g/mol. The van der Waals surface area contributed by atoms with Crippen LogP contribution in [0.2, 0.25) is 0 Å². The van der Waals surface area contributed by atoms with Crippen LogP contribution in [0.1, 0.15) is 373 Å². The molecule has 0 fully saturated rings. The lowest BCUT2D eigenvalue weighted by Crippen LogP contribution is -2.45. The first-order chi connectivity index (χ1) is 38.5. The second-order valence-corrected chi connectivity index (χ2v) is 23.9. The highest BCUT2D eigenvalue weighted by Crippen LogP contribution is 2.18. The van der Waals surface area contributed by atoms with Gasteiger partial charge in [-0.25, -0.2) is 0 Å². The Balaban J connectivity index is 3.38. The molecule has 0 rings (SSSR count). The number of rotatable bonds is 65. The van der Waals surface area contributed by atoms with Crippen molar-refractivity contribution in [3.63, 3.8) is 0 Å². The van der Waals surface area contributed by atoms with Gasteiger partial charge in [-0.2, -0.15) is 0 Å². The molecule has 0 aliphatic carbocycles. The van der Waals surface area contributed by atoms with Crippen LogP contribution in [-0.2, 0) is 14.3 Å². The van der Waals surface area contributed by atoms with E-state index in [1.54, 1.807) is 0 Å². The second kappa shape index (κ2) is 67.3. The topological polar surface area (TPSA) is 95.9 Å². The number of amides is 1. The Labute approximate surface area is 486 Å². The smallest absolute Gasteiger partial charge is 0.305 e. The highest BCUT2D eigenvalue weighted by atomic mass is 16.5. The summed E-state index contributed by atoms with van der Waals surface area (Å²) in [5, 5.41) is 23.3. The SMILES string of the molecule is CCCCC/C=C\C/C=C\CCCCCCCC(=O)OCCCCCCCCCCC/C=C\C/C=C\CCCCCCCCCCCCCCCCCCCC(=O)NC(CO)C(O)CCCCCCCCCCCCCCC. The van der Waals surface area contributed by atoms with Gasteiger partial charge in [0.2, 0.25) is 5.91 Å². The van der Waals surface area contributed by atoms with Crippen molar-refractivity contribution in [1.82, 2.24) is 5.32 Å². The minimum absolute atomic E-state index is 0.000112. The lowest BCUT2D eigenvalue weighted by molar-refractivity contribution is -0.143. The Kier molecular flexibility index (Phi) is 65.4. The van der Waals surface area contributed by atoms with Crippen LogP contribution in [0.3, 0.4) is 0 Å². The van der Waals surface area contributed by atoms with Crippen molar-refractivity contribution in [2.45, 2.75) is 386 Å². The molecule has 6 nitrogen and oxygen atoms in total. The van der Waals surface area contributed by atoms with Crippen molar-refractivity contribution in [1.29, 1.82) is 0 Å². The van der Waals surface area contributed by atoms with Gasteiger partial charge in [-0.1, -0.05) is 319 Å². The molecule has 6 heteroatoms. The first kappa shape index (κ1) is 75.8. The number of unbranched alkanes of at least 4 members (excludes halogenated alkanes) is 46. The number of carbonyl (C=O) groups is 2. The predicted molar refractivity (Wildman–Crippen MR) is 342 cm³/mol. The molecule has 2 unspecified atom stereocenters. The van der Waals surface area contributed by atoms with Gasteiger partial charge in [0.25, 0.3) is 0 Å². The highest BCUT2D eigenvalue weighted by molar-refractivity contribution is 5.76. The van der Waals surface area contributed by atoms with E-state index in [0.29, 0.717) is 25.9 Å². The second-order valence-electron chi connectivity index (χ2n) is 23.9. The summed E-state index contributed by atoms with van der Waals surface area (Å²) in [7, 11) is 0. The van der Waals surface area contributed by atoms with Crippen LogP contribution in [-0.4, -0.2) is 47.4 Å². The van der Waals surface area contributed by atoms with E-state index in [9.17, 15) is 19.8 Å². The zero-order valence-electron chi connectivity index (χ0n) is 52.4. The largest absolute Gasteiger partial charge is 0.466 e. The van der Waals surface area contributed by atoms with Crippen molar-refractivity contribution >= 4 is 11.9 Å². The predicted octanol–water partition coefficient (Wildman–Crippen LogP) is 22.5. The molecule has 0 aromatic heterocycles. The standard InChI is InChI=1S/C72H135NO5/c1-3-5-7-9-11-13-15-17-37-42-46-50-54-58-62-66-72(77)78-67-63-59-55-51-47-43-39-36-34-32-30-28-26-24-22-20-18-19-21-23-25-27-29-31-33-35-38-41-45-49-53-57-61-65-71(76)73-69(68-74)70(75)64-60-56-52-48-44-40-16-14-12-10-8-6-4-2/h11,13,17,22,24,28,30,37,69-70,74-75H,3-10,12,14-16,18-21,23,25-27,29,31-36,38-68H2,1-2H3,(H,73,76)/b13-11-,24-22-,30-28-,37-17-. The molecule has 78 heavy (non-hydrogen) atoms. The van der Waals surface area contributed by atoms with Crippen molar-refractivity contribution in [2.75, 3.05) is 13.2 Å². The molecule has 0 radical (unpaired) electrons. The Bertz CT molecular complexity index is 1310. The maximum absolute atomic E-state index is 12.5. The minimum atomic E-state index is -0.663. The molecule has 458 valence electrons. The monoisotopic (exact) mass is 1090 g/mol. The third-order valence-corrected chi connectivity index (χ3v) is 16.1. The van der Waals surface area contributed by atoms with Gasteiger partial charge in [0.05, 0.1) is 25.4 Å². The summed E-state index contributed by atoms with van der Waals surface area (Å²) >= 11 is 0. The third kappa shape index (κ3) is 63.0. The summed E-state index contributed by atoms with van der Waals surface area (Å²) in [5.41, 5.74) is 0. The molecular weight excluding hydrogens is 959 g/mol. The Hall–Kier alpha value is -2.18. The van der Waals surface area contributed by atoms with Crippen LogP contribution in [0, 0.1) is 0 Å². The quantitative estimate of drug-likeness (QED) is 0.0320. The number of aliphatic hydroxyl groups is 2. The number of hydrogen-bond donors (Lipinski definition) is 3. The number of hydrogen-bond acceptors (Lipinski definition) is 5. The van der Waals surface area contributed by atoms with Crippen molar-refractivity contribution in [3.05, 3.63) is 48.6 Å². The summed E-state index contributed by atoms with van der Waals surface area (Å²) < 4.78 is 5.48. The van der Waals surface area contributed by atoms with E-state index in [-0.39, 0.29) is 18.5 Å². The van der Waals surface area contributed by atoms with Crippen LogP contribution >= 0.6 is 0 Å². The Morgan fingerprint density at radius 2 is 0.641 bits per heavy atom. The average Bonchev–Trinajstić information content (AvgIpc) is 3.44. The molecule has 2 atom stereocenters. The van der Waals surface area contributed by atoms with Gasteiger partial charge in [0, 0.05) is 12.8 Å². The lowest BCUT2D eigenvalue weighted by atomic mass is 10.0. The van der Waals surface area contributed by atoms with E-state index in [0.717, 1.165) is 57.8 Å². The van der Waals surface area contributed by atoms with E-state index < -0.39 is 12.1 Å². The van der Waals surface area contributed by atoms with Gasteiger partial charge in [0.15, 0.2) is 0 Å². The molecule has 0 spiro atoms.